The van der Waals surface area contributed by atoms with Crippen LogP contribution < -0.4 is 15.4 Å². The maximum Gasteiger partial charge on any atom is 0.239 e. The number of halogens is 1. The standard InChI is InChI=1S/C17H25FN2O2/c1-22-16-11-13(18)9-10-15(16)19-12-17(21)20-14-7-5-3-2-4-6-8-14/h9-11,14,19H,2-8,12H2,1H3,(H,20,21). The van der Waals surface area contributed by atoms with Crippen molar-refractivity contribution in [2.75, 3.05) is 19.0 Å². The molecule has 4 nitrogen and oxygen atoms in total. The third-order valence-electron chi connectivity index (χ3n) is 4.07. The zero-order valence-electron chi connectivity index (χ0n) is 13.2. The van der Waals surface area contributed by atoms with Gasteiger partial charge < -0.3 is 15.4 Å². The zero-order chi connectivity index (χ0) is 15.8. The summed E-state index contributed by atoms with van der Waals surface area (Å²) in [4.78, 5) is 12.1. The lowest BCUT2D eigenvalue weighted by atomic mass is 9.97. The molecular weight excluding hydrogens is 283 g/mol. The number of amides is 1. The fourth-order valence-corrected chi connectivity index (χ4v) is 2.87. The molecule has 0 bridgehead atoms. The Morgan fingerprint density at radius 1 is 1.23 bits per heavy atom. The highest BCUT2D eigenvalue weighted by molar-refractivity contribution is 5.81. The van der Waals surface area contributed by atoms with Crippen LogP contribution in [0.4, 0.5) is 10.1 Å². The normalized spacial score (nSPS) is 16.5. The SMILES string of the molecule is COc1cc(F)ccc1NCC(=O)NC1CCCCCCC1. The lowest BCUT2D eigenvalue weighted by molar-refractivity contribution is -0.120. The first-order valence-electron chi connectivity index (χ1n) is 8.06. The quantitative estimate of drug-likeness (QED) is 0.875. The Hall–Kier alpha value is -1.78. The second kappa shape index (κ2) is 8.61. The van der Waals surface area contributed by atoms with Crippen LogP contribution in [0.2, 0.25) is 0 Å². The first kappa shape index (κ1) is 16.6. The van der Waals surface area contributed by atoms with Crippen LogP contribution in [-0.2, 0) is 4.79 Å². The van der Waals surface area contributed by atoms with Gasteiger partial charge in [0.25, 0.3) is 0 Å². The first-order chi connectivity index (χ1) is 10.7. The summed E-state index contributed by atoms with van der Waals surface area (Å²) in [6.07, 6.45) is 8.33. The molecule has 122 valence electrons. The van der Waals surface area contributed by atoms with Gasteiger partial charge in [-0.2, -0.15) is 0 Å². The van der Waals surface area contributed by atoms with Crippen molar-refractivity contribution in [3.05, 3.63) is 24.0 Å². The van der Waals surface area contributed by atoms with Gasteiger partial charge in [0.1, 0.15) is 11.6 Å². The lowest BCUT2D eigenvalue weighted by Gasteiger charge is -2.21. The summed E-state index contributed by atoms with van der Waals surface area (Å²) in [5, 5.41) is 6.09. The molecule has 1 aliphatic rings. The van der Waals surface area contributed by atoms with E-state index < -0.39 is 0 Å². The monoisotopic (exact) mass is 308 g/mol. The molecule has 0 heterocycles. The summed E-state index contributed by atoms with van der Waals surface area (Å²) in [5.41, 5.74) is 0.622. The number of benzene rings is 1. The summed E-state index contributed by atoms with van der Waals surface area (Å²) < 4.78 is 18.2. The zero-order valence-corrected chi connectivity index (χ0v) is 13.2. The summed E-state index contributed by atoms with van der Waals surface area (Å²) in [5.74, 6) is 0.0112. The molecule has 1 amide bonds. The number of nitrogens with one attached hydrogen (secondary N) is 2. The topological polar surface area (TPSA) is 50.4 Å². The predicted octanol–water partition coefficient (Wildman–Crippen LogP) is 3.48. The van der Waals surface area contributed by atoms with E-state index in [4.69, 9.17) is 4.74 Å². The molecule has 0 saturated heterocycles. The smallest absolute Gasteiger partial charge is 0.239 e. The van der Waals surface area contributed by atoms with E-state index in [1.54, 1.807) is 6.07 Å². The van der Waals surface area contributed by atoms with Gasteiger partial charge in [-0.25, -0.2) is 4.39 Å². The molecule has 0 spiro atoms. The van der Waals surface area contributed by atoms with Crippen LogP contribution in [0, 0.1) is 5.82 Å². The Bertz CT molecular complexity index is 486. The highest BCUT2D eigenvalue weighted by Crippen LogP contribution is 2.24. The molecule has 0 aromatic heterocycles. The Kier molecular flexibility index (Phi) is 6.49. The van der Waals surface area contributed by atoms with Crippen LogP contribution >= 0.6 is 0 Å². The average Bonchev–Trinajstić information content (AvgIpc) is 2.48. The van der Waals surface area contributed by atoms with Crippen molar-refractivity contribution in [2.45, 2.75) is 51.0 Å². The van der Waals surface area contributed by atoms with Gasteiger partial charge in [-0.1, -0.05) is 32.1 Å². The van der Waals surface area contributed by atoms with Crippen LogP contribution in [0.5, 0.6) is 5.75 Å². The number of carbonyl (C=O) groups excluding carboxylic acids is 1. The van der Waals surface area contributed by atoms with Crippen molar-refractivity contribution in [1.82, 2.24) is 5.32 Å². The third kappa shape index (κ3) is 5.20. The van der Waals surface area contributed by atoms with Crippen LogP contribution in [-0.4, -0.2) is 25.6 Å². The fraction of sp³-hybridized carbons (Fsp3) is 0.588. The maximum atomic E-state index is 13.1. The first-order valence-corrected chi connectivity index (χ1v) is 8.06. The minimum absolute atomic E-state index is 0.0306. The molecule has 1 aromatic rings. The third-order valence-corrected chi connectivity index (χ3v) is 4.07. The van der Waals surface area contributed by atoms with Gasteiger partial charge in [0.2, 0.25) is 5.91 Å². The lowest BCUT2D eigenvalue weighted by Crippen LogP contribution is -2.38. The van der Waals surface area contributed by atoms with E-state index in [-0.39, 0.29) is 24.3 Å². The van der Waals surface area contributed by atoms with Gasteiger partial charge in [-0.05, 0) is 25.0 Å². The number of methoxy groups -OCH3 is 1. The van der Waals surface area contributed by atoms with E-state index in [2.05, 4.69) is 10.6 Å². The largest absolute Gasteiger partial charge is 0.494 e. The molecule has 1 fully saturated rings. The van der Waals surface area contributed by atoms with Gasteiger partial charge in [0, 0.05) is 12.1 Å². The molecule has 0 radical (unpaired) electrons. The van der Waals surface area contributed by atoms with Crippen molar-refractivity contribution < 1.29 is 13.9 Å². The van der Waals surface area contributed by atoms with E-state index in [1.807, 2.05) is 0 Å². The van der Waals surface area contributed by atoms with Crippen LogP contribution in [0.15, 0.2) is 18.2 Å². The molecule has 1 aromatic carbocycles. The molecule has 5 heteroatoms. The number of hydrogen-bond acceptors (Lipinski definition) is 3. The van der Waals surface area contributed by atoms with E-state index in [0.29, 0.717) is 11.4 Å². The molecule has 0 aliphatic heterocycles. The minimum atomic E-state index is -0.360. The molecule has 2 N–H and O–H groups in total. The minimum Gasteiger partial charge on any atom is -0.494 e. The molecule has 0 unspecified atom stereocenters. The van der Waals surface area contributed by atoms with E-state index in [1.165, 1.54) is 51.3 Å². The second-order valence-corrected chi connectivity index (χ2v) is 5.81. The molecule has 2 rings (SSSR count). The average molecular weight is 308 g/mol. The number of carbonyl (C=O) groups is 1. The highest BCUT2D eigenvalue weighted by Gasteiger charge is 2.14. The van der Waals surface area contributed by atoms with Crippen LogP contribution in [0.1, 0.15) is 44.9 Å². The molecule has 0 atom stereocenters. The Labute approximate surface area is 131 Å². The summed E-state index contributed by atoms with van der Waals surface area (Å²) in [6, 6.07) is 4.51. The Morgan fingerprint density at radius 3 is 2.59 bits per heavy atom. The summed E-state index contributed by atoms with van der Waals surface area (Å²) in [6.45, 7) is 0.165. The second-order valence-electron chi connectivity index (χ2n) is 5.81. The Balaban J connectivity index is 1.81. The molecule has 22 heavy (non-hydrogen) atoms. The van der Waals surface area contributed by atoms with Gasteiger partial charge in [-0.3, -0.25) is 4.79 Å². The van der Waals surface area contributed by atoms with Crippen molar-refractivity contribution in [3.8, 4) is 5.75 Å². The predicted molar refractivity (Wildman–Crippen MR) is 85.7 cm³/mol. The van der Waals surface area contributed by atoms with E-state index >= 15 is 0 Å². The van der Waals surface area contributed by atoms with Crippen LogP contribution in [0.3, 0.4) is 0 Å². The van der Waals surface area contributed by atoms with Crippen molar-refractivity contribution in [1.29, 1.82) is 0 Å². The van der Waals surface area contributed by atoms with Crippen molar-refractivity contribution in [2.24, 2.45) is 0 Å². The van der Waals surface area contributed by atoms with E-state index in [0.717, 1.165) is 12.8 Å². The van der Waals surface area contributed by atoms with E-state index in [9.17, 15) is 9.18 Å². The van der Waals surface area contributed by atoms with Crippen LogP contribution in [0.25, 0.3) is 0 Å². The fourth-order valence-electron chi connectivity index (χ4n) is 2.87. The summed E-state index contributed by atoms with van der Waals surface area (Å²) in [7, 11) is 1.48. The highest BCUT2D eigenvalue weighted by atomic mass is 19.1. The van der Waals surface area contributed by atoms with Crippen molar-refractivity contribution in [3.63, 3.8) is 0 Å². The van der Waals surface area contributed by atoms with Gasteiger partial charge >= 0.3 is 0 Å². The Morgan fingerprint density at radius 2 is 1.91 bits per heavy atom. The number of ether oxygens (including phenoxy) is 1. The molecular formula is C17H25FN2O2. The van der Waals surface area contributed by atoms with Crippen molar-refractivity contribution >= 4 is 11.6 Å². The van der Waals surface area contributed by atoms with Gasteiger partial charge in [0.15, 0.2) is 0 Å². The maximum absolute atomic E-state index is 13.1. The molecule has 1 saturated carbocycles. The van der Waals surface area contributed by atoms with Gasteiger partial charge in [-0.15, -0.1) is 0 Å². The number of rotatable bonds is 5. The number of hydrogen-bond donors (Lipinski definition) is 2. The summed E-state index contributed by atoms with van der Waals surface area (Å²) >= 11 is 0. The molecule has 1 aliphatic carbocycles. The number of anilines is 1. The van der Waals surface area contributed by atoms with Gasteiger partial charge in [0.05, 0.1) is 19.3 Å².